The summed E-state index contributed by atoms with van der Waals surface area (Å²) < 4.78 is 0. The van der Waals surface area contributed by atoms with Gasteiger partial charge in [0.05, 0.1) is 29.1 Å². The van der Waals surface area contributed by atoms with E-state index in [1.54, 1.807) is 18.2 Å². The number of amides is 5. The molecule has 0 aromatic heterocycles. The minimum Gasteiger partial charge on any atom is -0.481 e. The second-order valence-electron chi connectivity index (χ2n) is 8.04. The number of fused-ring (bicyclic) bond motifs is 1. The molecule has 0 radical (unpaired) electrons. The highest BCUT2D eigenvalue weighted by Crippen LogP contribution is 2.24. The molecule has 0 unspecified atom stereocenters. The number of urea groups is 1. The summed E-state index contributed by atoms with van der Waals surface area (Å²) in [4.78, 5) is 73.5. The van der Waals surface area contributed by atoms with E-state index < -0.39 is 48.2 Å². The van der Waals surface area contributed by atoms with E-state index in [0.717, 1.165) is 21.1 Å². The van der Waals surface area contributed by atoms with E-state index in [4.69, 9.17) is 28.3 Å². The highest BCUT2D eigenvalue weighted by atomic mass is 35.5. The lowest BCUT2D eigenvalue weighted by molar-refractivity contribution is -0.155. The molecule has 0 aliphatic carbocycles. The fraction of sp³-hybridized carbons (Fsp3) is 0.364. The molecule has 14 heteroatoms. The third-order valence-corrected chi connectivity index (χ3v) is 6.21. The van der Waals surface area contributed by atoms with Crippen molar-refractivity contribution in [2.75, 3.05) is 13.1 Å². The monoisotopic (exact) mass is 539 g/mol. The Labute approximate surface area is 215 Å². The van der Waals surface area contributed by atoms with Gasteiger partial charge in [-0.25, -0.2) is 19.8 Å². The molecule has 192 valence electrons. The van der Waals surface area contributed by atoms with E-state index in [1.807, 2.05) is 0 Å². The summed E-state index contributed by atoms with van der Waals surface area (Å²) >= 11 is 11.8. The summed E-state index contributed by atoms with van der Waals surface area (Å²) in [5, 5.41) is 14.9. The molecular formula is C22H23Cl2N5O7. The molecule has 36 heavy (non-hydrogen) atoms. The zero-order chi connectivity index (χ0) is 26.4. The van der Waals surface area contributed by atoms with E-state index in [9.17, 15) is 28.8 Å². The molecule has 12 nitrogen and oxygen atoms in total. The van der Waals surface area contributed by atoms with Crippen LogP contribution < -0.4 is 10.7 Å². The van der Waals surface area contributed by atoms with E-state index in [0.29, 0.717) is 22.0 Å². The van der Waals surface area contributed by atoms with Crippen molar-refractivity contribution in [3.8, 4) is 0 Å². The number of hydrogen-bond acceptors (Lipinski definition) is 6. The Balaban J connectivity index is 1.75. The number of carboxylic acid groups (broad SMARTS) is 1. The van der Waals surface area contributed by atoms with Crippen LogP contribution in [0.3, 0.4) is 0 Å². The quantitative estimate of drug-likeness (QED) is 0.331. The SMILES string of the molecule is O=C[C@H](CC(=O)O)NC(=O)[C@@H]1CCCN2C(=O)CCN(NC(=O)C=Cc3ccc(Cl)c(Cl)c3)C(=O)N12. The molecule has 1 aromatic carbocycles. The van der Waals surface area contributed by atoms with E-state index >= 15 is 0 Å². The third kappa shape index (κ3) is 6.52. The minimum absolute atomic E-state index is 0.108. The van der Waals surface area contributed by atoms with Crippen molar-refractivity contribution in [3.63, 3.8) is 0 Å². The van der Waals surface area contributed by atoms with E-state index in [-0.39, 0.29) is 32.2 Å². The predicted octanol–water partition coefficient (Wildman–Crippen LogP) is 1.23. The number of aldehydes is 1. The molecule has 0 spiro atoms. The lowest BCUT2D eigenvalue weighted by Gasteiger charge is -2.42. The van der Waals surface area contributed by atoms with Crippen LogP contribution in [0.2, 0.25) is 10.0 Å². The number of carbonyl (C=O) groups is 6. The molecule has 2 fully saturated rings. The molecule has 0 bridgehead atoms. The van der Waals surface area contributed by atoms with Gasteiger partial charge in [-0.1, -0.05) is 29.3 Å². The Hall–Kier alpha value is -3.64. The zero-order valence-corrected chi connectivity index (χ0v) is 20.4. The van der Waals surface area contributed by atoms with Gasteiger partial charge in [0.25, 0.3) is 5.91 Å². The van der Waals surface area contributed by atoms with Crippen molar-refractivity contribution in [3.05, 3.63) is 39.9 Å². The maximum atomic E-state index is 13.3. The van der Waals surface area contributed by atoms with Crippen LogP contribution in [0.4, 0.5) is 4.79 Å². The minimum atomic E-state index is -1.30. The zero-order valence-electron chi connectivity index (χ0n) is 18.9. The van der Waals surface area contributed by atoms with Gasteiger partial charge in [-0.05, 0) is 36.6 Å². The number of carbonyl (C=O) groups excluding carboxylic acids is 5. The molecular weight excluding hydrogens is 517 g/mol. The average Bonchev–Trinajstić information content (AvgIpc) is 2.96. The molecule has 2 saturated heterocycles. The van der Waals surface area contributed by atoms with Gasteiger partial charge in [0.1, 0.15) is 12.3 Å². The second kappa shape index (κ2) is 11.9. The van der Waals surface area contributed by atoms with Gasteiger partial charge in [-0.15, -0.1) is 0 Å². The maximum Gasteiger partial charge on any atom is 0.358 e. The molecule has 2 heterocycles. The van der Waals surface area contributed by atoms with Gasteiger partial charge in [-0.3, -0.25) is 24.6 Å². The molecule has 2 atom stereocenters. The number of nitrogens with zero attached hydrogens (tertiary/aromatic N) is 3. The number of hydrazine groups is 2. The highest BCUT2D eigenvalue weighted by Gasteiger charge is 2.44. The maximum absolute atomic E-state index is 13.3. The number of rotatable bonds is 8. The molecule has 1 aromatic rings. The van der Waals surface area contributed by atoms with Crippen LogP contribution in [0.5, 0.6) is 0 Å². The normalized spacial score (nSPS) is 18.9. The first-order valence-corrected chi connectivity index (χ1v) is 11.7. The summed E-state index contributed by atoms with van der Waals surface area (Å²) in [6.07, 6.45) is 2.73. The Morgan fingerprint density at radius 2 is 1.92 bits per heavy atom. The van der Waals surface area contributed by atoms with Crippen LogP contribution in [-0.2, 0) is 24.0 Å². The molecule has 2 aliphatic rings. The summed E-state index contributed by atoms with van der Waals surface area (Å²) in [6, 6.07) is 1.45. The van der Waals surface area contributed by atoms with Gasteiger partial charge in [0, 0.05) is 19.0 Å². The fourth-order valence-corrected chi connectivity index (χ4v) is 4.08. The number of hydrogen-bond donors (Lipinski definition) is 3. The van der Waals surface area contributed by atoms with Crippen LogP contribution in [0.15, 0.2) is 24.3 Å². The molecule has 5 amide bonds. The number of carboxylic acids is 1. The number of aliphatic carboxylic acids is 1. The van der Waals surface area contributed by atoms with Gasteiger partial charge in [0.15, 0.2) is 0 Å². The van der Waals surface area contributed by atoms with E-state index in [1.165, 1.54) is 6.08 Å². The Morgan fingerprint density at radius 1 is 1.17 bits per heavy atom. The number of benzene rings is 1. The highest BCUT2D eigenvalue weighted by molar-refractivity contribution is 6.42. The van der Waals surface area contributed by atoms with Gasteiger partial charge >= 0.3 is 12.0 Å². The molecule has 2 aliphatic heterocycles. The lowest BCUT2D eigenvalue weighted by Crippen LogP contribution is -2.64. The van der Waals surface area contributed by atoms with Gasteiger partial charge < -0.3 is 15.2 Å². The van der Waals surface area contributed by atoms with Crippen molar-refractivity contribution in [2.24, 2.45) is 0 Å². The van der Waals surface area contributed by atoms with Crippen LogP contribution >= 0.6 is 23.2 Å². The topological polar surface area (TPSA) is 156 Å². The van der Waals surface area contributed by atoms with Crippen LogP contribution in [-0.4, -0.2) is 81.3 Å². The smallest absolute Gasteiger partial charge is 0.358 e. The molecule has 0 saturated carbocycles. The van der Waals surface area contributed by atoms with Crippen molar-refractivity contribution < 1.29 is 33.9 Å². The number of halogens is 2. The second-order valence-corrected chi connectivity index (χ2v) is 8.85. The summed E-state index contributed by atoms with van der Waals surface area (Å²) in [5.74, 6) is -3.18. The third-order valence-electron chi connectivity index (χ3n) is 5.47. The van der Waals surface area contributed by atoms with Crippen molar-refractivity contribution in [1.29, 1.82) is 0 Å². The standard InChI is InChI=1S/C22H23Cl2N5O7/c23-15-5-3-13(10-16(15)24)4-6-18(31)26-27-9-7-19(32)28-8-1-2-17(29(28)22(27)36)21(35)25-14(12-30)11-20(33)34/h3-6,10,12,14,17H,1-2,7-9,11H2,(H,25,35)(H,26,31)(H,33,34)/t14-,17-/m0/s1. The van der Waals surface area contributed by atoms with Gasteiger partial charge in [0.2, 0.25) is 11.8 Å². The summed E-state index contributed by atoms with van der Waals surface area (Å²) in [7, 11) is 0. The van der Waals surface area contributed by atoms with Crippen LogP contribution in [0.25, 0.3) is 6.08 Å². The van der Waals surface area contributed by atoms with Crippen LogP contribution in [0.1, 0.15) is 31.2 Å². The first-order chi connectivity index (χ1) is 17.1. The predicted molar refractivity (Wildman–Crippen MR) is 127 cm³/mol. The largest absolute Gasteiger partial charge is 0.481 e. The van der Waals surface area contributed by atoms with Crippen molar-refractivity contribution >= 4 is 65.3 Å². The summed E-state index contributed by atoms with van der Waals surface area (Å²) in [6.45, 7) is 0.0426. The van der Waals surface area contributed by atoms with Gasteiger partial charge in [-0.2, -0.15) is 0 Å². The van der Waals surface area contributed by atoms with Crippen molar-refractivity contribution in [1.82, 2.24) is 25.8 Å². The fourth-order valence-electron chi connectivity index (χ4n) is 3.77. The first-order valence-electron chi connectivity index (χ1n) is 10.9. The van der Waals surface area contributed by atoms with Crippen LogP contribution in [0, 0.1) is 0 Å². The number of nitrogens with one attached hydrogen (secondary N) is 2. The summed E-state index contributed by atoms with van der Waals surface area (Å²) in [5.41, 5.74) is 2.99. The molecule has 3 rings (SSSR count). The Bertz CT molecular complexity index is 1110. The molecule has 3 N–H and O–H groups in total. The van der Waals surface area contributed by atoms with E-state index in [2.05, 4.69) is 10.7 Å². The first kappa shape index (κ1) is 27.0. The average molecular weight is 540 g/mol. The van der Waals surface area contributed by atoms with Crippen molar-refractivity contribution in [2.45, 2.75) is 37.8 Å². The lowest BCUT2D eigenvalue weighted by atomic mass is 10.1. The Kier molecular flexibility index (Phi) is 8.88. The Morgan fingerprint density at radius 3 is 2.58 bits per heavy atom.